The van der Waals surface area contributed by atoms with Crippen LogP contribution in [0.5, 0.6) is 5.75 Å². The fraction of sp³-hybridized carbons (Fsp3) is 0.333. The smallest absolute Gasteiger partial charge is 0.308 e. The largest absolute Gasteiger partial charge is 0.427 e. The highest BCUT2D eigenvalue weighted by Gasteiger charge is 2.26. The summed E-state index contributed by atoms with van der Waals surface area (Å²) in [7, 11) is -3.51. The number of carbonyl (C=O) groups is 2. The van der Waals surface area contributed by atoms with E-state index >= 15 is 0 Å². The van der Waals surface area contributed by atoms with Crippen LogP contribution in [0, 0.1) is 0 Å². The first-order chi connectivity index (χ1) is 14.4. The first-order valence-electron chi connectivity index (χ1n) is 9.60. The molecular formula is C21H24N2O6S. The molecule has 1 amide bonds. The zero-order valence-electron chi connectivity index (χ0n) is 16.7. The first kappa shape index (κ1) is 21.9. The summed E-state index contributed by atoms with van der Waals surface area (Å²) in [5.41, 5.74) is 1.37. The number of rotatable bonds is 7. The van der Waals surface area contributed by atoms with Gasteiger partial charge in [-0.2, -0.15) is 4.31 Å². The Balaban J connectivity index is 1.51. The topological polar surface area (TPSA) is 102 Å². The van der Waals surface area contributed by atoms with Crippen molar-refractivity contribution in [3.8, 4) is 5.75 Å². The van der Waals surface area contributed by atoms with Gasteiger partial charge in [0.2, 0.25) is 10.0 Å². The molecule has 1 aliphatic rings. The summed E-state index contributed by atoms with van der Waals surface area (Å²) in [5, 5.41) is 2.82. The van der Waals surface area contributed by atoms with E-state index in [0.717, 1.165) is 5.56 Å². The minimum absolute atomic E-state index is 0.240. The Bertz CT molecular complexity index is 981. The van der Waals surface area contributed by atoms with Crippen molar-refractivity contribution in [3.63, 3.8) is 0 Å². The number of hydrogen-bond acceptors (Lipinski definition) is 6. The van der Waals surface area contributed by atoms with Gasteiger partial charge in [0.1, 0.15) is 5.75 Å². The van der Waals surface area contributed by atoms with Crippen LogP contribution in [-0.4, -0.2) is 57.4 Å². The van der Waals surface area contributed by atoms with Crippen molar-refractivity contribution >= 4 is 21.9 Å². The van der Waals surface area contributed by atoms with Gasteiger partial charge in [-0.1, -0.05) is 12.1 Å². The SMILES string of the molecule is CC(=O)Oc1ccc(C(=O)NCCc2ccc(S(=O)(=O)N3CCOCC3)cc2)cc1. The summed E-state index contributed by atoms with van der Waals surface area (Å²) in [4.78, 5) is 23.4. The molecule has 1 fully saturated rings. The Morgan fingerprint density at radius 1 is 1.03 bits per heavy atom. The fourth-order valence-corrected chi connectivity index (χ4v) is 4.43. The Hall–Kier alpha value is -2.75. The molecule has 2 aromatic rings. The van der Waals surface area contributed by atoms with Crippen molar-refractivity contribution in [1.29, 1.82) is 0 Å². The van der Waals surface area contributed by atoms with Crippen molar-refractivity contribution in [3.05, 3.63) is 59.7 Å². The number of nitrogens with one attached hydrogen (secondary N) is 1. The summed E-state index contributed by atoms with van der Waals surface area (Å²) in [5.74, 6) is -0.280. The number of amides is 1. The van der Waals surface area contributed by atoms with E-state index in [1.165, 1.54) is 11.2 Å². The van der Waals surface area contributed by atoms with Gasteiger partial charge >= 0.3 is 5.97 Å². The number of carbonyl (C=O) groups excluding carboxylic acids is 2. The van der Waals surface area contributed by atoms with Gasteiger partial charge in [-0.25, -0.2) is 8.42 Å². The van der Waals surface area contributed by atoms with Crippen LogP contribution in [0.2, 0.25) is 0 Å². The minimum Gasteiger partial charge on any atom is -0.427 e. The lowest BCUT2D eigenvalue weighted by Gasteiger charge is -2.26. The van der Waals surface area contributed by atoms with Crippen LogP contribution in [0.15, 0.2) is 53.4 Å². The van der Waals surface area contributed by atoms with Crippen LogP contribution in [0.4, 0.5) is 0 Å². The van der Waals surface area contributed by atoms with Crippen molar-refractivity contribution < 1.29 is 27.5 Å². The molecular weight excluding hydrogens is 408 g/mol. The average Bonchev–Trinajstić information content (AvgIpc) is 2.75. The molecule has 0 aliphatic carbocycles. The molecule has 30 heavy (non-hydrogen) atoms. The molecule has 0 spiro atoms. The van der Waals surface area contributed by atoms with Gasteiger partial charge in [0.15, 0.2) is 0 Å². The Morgan fingerprint density at radius 2 is 1.67 bits per heavy atom. The maximum absolute atomic E-state index is 12.6. The van der Waals surface area contributed by atoms with Gasteiger partial charge in [0.25, 0.3) is 5.91 Å². The lowest BCUT2D eigenvalue weighted by atomic mass is 10.1. The number of morpholine rings is 1. The highest BCUT2D eigenvalue weighted by atomic mass is 32.2. The maximum Gasteiger partial charge on any atom is 0.308 e. The molecule has 2 aromatic carbocycles. The van der Waals surface area contributed by atoms with E-state index < -0.39 is 16.0 Å². The van der Waals surface area contributed by atoms with Crippen molar-refractivity contribution in [2.24, 2.45) is 0 Å². The second kappa shape index (κ2) is 9.84. The number of esters is 1. The van der Waals surface area contributed by atoms with E-state index in [-0.39, 0.29) is 10.8 Å². The minimum atomic E-state index is -3.51. The van der Waals surface area contributed by atoms with Crippen molar-refractivity contribution in [2.75, 3.05) is 32.8 Å². The third-order valence-corrected chi connectivity index (χ3v) is 6.52. The summed E-state index contributed by atoms with van der Waals surface area (Å²) < 4.78 is 36.8. The molecule has 0 atom stereocenters. The van der Waals surface area contributed by atoms with Gasteiger partial charge in [-0.3, -0.25) is 9.59 Å². The molecule has 0 aromatic heterocycles. The van der Waals surface area contributed by atoms with E-state index in [4.69, 9.17) is 9.47 Å². The van der Waals surface area contributed by atoms with Crippen LogP contribution in [-0.2, 0) is 26.0 Å². The Morgan fingerprint density at radius 3 is 2.27 bits per heavy atom. The second-order valence-electron chi connectivity index (χ2n) is 6.78. The van der Waals surface area contributed by atoms with Crippen LogP contribution >= 0.6 is 0 Å². The third-order valence-electron chi connectivity index (χ3n) is 4.61. The molecule has 0 saturated carbocycles. The molecule has 9 heteroatoms. The predicted octanol–water partition coefficient (Wildman–Crippen LogP) is 1.61. The number of nitrogens with zero attached hydrogens (tertiary/aromatic N) is 1. The molecule has 1 aliphatic heterocycles. The zero-order chi connectivity index (χ0) is 21.6. The molecule has 1 heterocycles. The highest BCUT2D eigenvalue weighted by Crippen LogP contribution is 2.18. The van der Waals surface area contributed by atoms with Gasteiger partial charge in [-0.15, -0.1) is 0 Å². The molecule has 0 bridgehead atoms. The van der Waals surface area contributed by atoms with Crippen LogP contribution < -0.4 is 10.1 Å². The Kier molecular flexibility index (Phi) is 7.20. The second-order valence-corrected chi connectivity index (χ2v) is 8.72. The molecule has 1 N–H and O–H groups in total. The van der Waals surface area contributed by atoms with E-state index in [9.17, 15) is 18.0 Å². The summed E-state index contributed by atoms with van der Waals surface area (Å²) >= 11 is 0. The third kappa shape index (κ3) is 5.65. The quantitative estimate of drug-likeness (QED) is 0.527. The van der Waals surface area contributed by atoms with Crippen LogP contribution in [0.25, 0.3) is 0 Å². The summed E-state index contributed by atoms with van der Waals surface area (Å²) in [6, 6.07) is 13.0. The van der Waals surface area contributed by atoms with E-state index in [1.807, 2.05) is 0 Å². The number of hydrogen-bond donors (Lipinski definition) is 1. The fourth-order valence-electron chi connectivity index (χ4n) is 3.03. The Labute approximate surface area is 175 Å². The summed E-state index contributed by atoms with van der Waals surface area (Å²) in [6.45, 7) is 3.24. The lowest BCUT2D eigenvalue weighted by Crippen LogP contribution is -2.40. The van der Waals surface area contributed by atoms with E-state index in [2.05, 4.69) is 5.32 Å². The molecule has 3 rings (SSSR count). The van der Waals surface area contributed by atoms with E-state index in [0.29, 0.717) is 50.6 Å². The monoisotopic (exact) mass is 432 g/mol. The first-order valence-corrected chi connectivity index (χ1v) is 11.0. The van der Waals surface area contributed by atoms with Gasteiger partial charge in [0, 0.05) is 32.1 Å². The molecule has 8 nitrogen and oxygen atoms in total. The molecule has 1 saturated heterocycles. The molecule has 160 valence electrons. The van der Waals surface area contributed by atoms with Gasteiger partial charge in [-0.05, 0) is 48.4 Å². The lowest BCUT2D eigenvalue weighted by molar-refractivity contribution is -0.131. The van der Waals surface area contributed by atoms with Gasteiger partial charge < -0.3 is 14.8 Å². The molecule has 0 radical (unpaired) electrons. The van der Waals surface area contributed by atoms with Crippen molar-refractivity contribution in [2.45, 2.75) is 18.2 Å². The highest BCUT2D eigenvalue weighted by molar-refractivity contribution is 7.89. The normalized spacial score (nSPS) is 14.8. The van der Waals surface area contributed by atoms with Crippen LogP contribution in [0.3, 0.4) is 0 Å². The number of benzene rings is 2. The zero-order valence-corrected chi connectivity index (χ0v) is 17.5. The van der Waals surface area contributed by atoms with E-state index in [1.54, 1.807) is 48.5 Å². The number of ether oxygens (including phenoxy) is 2. The maximum atomic E-state index is 12.6. The molecule has 0 unspecified atom stereocenters. The van der Waals surface area contributed by atoms with Crippen LogP contribution in [0.1, 0.15) is 22.8 Å². The number of sulfonamides is 1. The summed E-state index contributed by atoms with van der Waals surface area (Å²) in [6.07, 6.45) is 0.565. The standard InChI is InChI=1S/C21H24N2O6S/c1-16(24)29-19-6-4-18(5-7-19)21(25)22-11-10-17-2-8-20(9-3-17)30(26,27)23-12-14-28-15-13-23/h2-9H,10-15H2,1H3,(H,22,25). The van der Waals surface area contributed by atoms with Crippen molar-refractivity contribution in [1.82, 2.24) is 9.62 Å². The predicted molar refractivity (Wildman–Crippen MR) is 110 cm³/mol. The van der Waals surface area contributed by atoms with Gasteiger partial charge in [0.05, 0.1) is 18.1 Å². The average molecular weight is 432 g/mol.